The van der Waals surface area contributed by atoms with E-state index in [0.29, 0.717) is 35.6 Å². The summed E-state index contributed by atoms with van der Waals surface area (Å²) in [7, 11) is -2.53. The molecular weight excluding hydrogens is 499 g/mol. The van der Waals surface area contributed by atoms with Crippen molar-refractivity contribution in [3.8, 4) is 11.6 Å². The van der Waals surface area contributed by atoms with Crippen LogP contribution in [0.25, 0.3) is 21.9 Å². The number of hydrogen-bond acceptors (Lipinski definition) is 9. The third-order valence-electron chi connectivity index (χ3n) is 6.37. The van der Waals surface area contributed by atoms with Gasteiger partial charge in [0.2, 0.25) is 11.8 Å². The average Bonchev–Trinajstić information content (AvgIpc) is 3.26. The Hall–Kier alpha value is -3.73. The van der Waals surface area contributed by atoms with E-state index in [1.807, 2.05) is 34.9 Å². The Morgan fingerprint density at radius 3 is 2.76 bits per heavy atom. The minimum absolute atomic E-state index is 0.0647. The second-order valence-electron chi connectivity index (χ2n) is 8.96. The Morgan fingerprint density at radius 2 is 2.00 bits per heavy atom. The smallest absolute Gasteiger partial charge is 0.459 e. The molecule has 0 radical (unpaired) electrons. The molecule has 37 heavy (non-hydrogen) atoms. The Kier molecular flexibility index (Phi) is 6.72. The lowest BCUT2D eigenvalue weighted by atomic mass is 9.81. The highest BCUT2D eigenvalue weighted by Gasteiger charge is 2.37. The zero-order chi connectivity index (χ0) is 26.2. The first-order valence-electron chi connectivity index (χ1n) is 11.7. The van der Waals surface area contributed by atoms with Crippen molar-refractivity contribution in [2.45, 2.75) is 31.8 Å². The Balaban J connectivity index is 1.29. The third-order valence-corrected chi connectivity index (χ3v) is 8.00. The van der Waals surface area contributed by atoms with Crippen LogP contribution in [0.15, 0.2) is 48.8 Å². The van der Waals surface area contributed by atoms with E-state index in [4.69, 9.17) is 19.5 Å². The number of ether oxygens (including phenoxy) is 1. The lowest BCUT2D eigenvalue weighted by Crippen LogP contribution is -2.35. The number of hydrogen-bond donors (Lipinski definition) is 3. The van der Waals surface area contributed by atoms with Gasteiger partial charge in [-0.1, -0.05) is 36.4 Å². The van der Waals surface area contributed by atoms with Crippen molar-refractivity contribution in [2.24, 2.45) is 5.92 Å². The molecule has 2 heterocycles. The molecule has 1 aliphatic rings. The molecule has 0 bridgehead atoms. The van der Waals surface area contributed by atoms with Gasteiger partial charge in [-0.05, 0) is 37.1 Å². The zero-order valence-electron chi connectivity index (χ0n) is 20.3. The van der Waals surface area contributed by atoms with Crippen molar-refractivity contribution in [3.05, 3.63) is 48.8 Å². The van der Waals surface area contributed by atoms with Gasteiger partial charge in [-0.3, -0.25) is 9.32 Å². The molecule has 2 aromatic heterocycles. The summed E-state index contributed by atoms with van der Waals surface area (Å²) in [6.07, 6.45) is 3.09. The summed E-state index contributed by atoms with van der Waals surface area (Å²) in [5, 5.41) is 13.6. The monoisotopic (exact) mass is 526 g/mol. The number of carboxylic acids is 1. The van der Waals surface area contributed by atoms with Crippen LogP contribution in [0.1, 0.15) is 25.8 Å². The fourth-order valence-corrected chi connectivity index (χ4v) is 5.96. The molecular formula is C24H27N6O6P. The van der Waals surface area contributed by atoms with Gasteiger partial charge in [-0.2, -0.15) is 15.1 Å². The number of aromatic nitrogens is 4. The van der Waals surface area contributed by atoms with E-state index in [1.54, 1.807) is 18.5 Å². The highest BCUT2D eigenvalue weighted by molar-refractivity contribution is 7.52. The van der Waals surface area contributed by atoms with Crippen LogP contribution in [-0.2, 0) is 13.9 Å². The van der Waals surface area contributed by atoms with Crippen molar-refractivity contribution in [1.29, 1.82) is 0 Å². The molecule has 4 N–H and O–H groups in total. The number of aliphatic carboxylic acids is 1. The number of nitrogens with two attached hydrogens (primary N) is 1. The van der Waals surface area contributed by atoms with E-state index >= 15 is 0 Å². The molecule has 0 amide bonds. The molecule has 1 fully saturated rings. The van der Waals surface area contributed by atoms with Crippen LogP contribution < -0.4 is 20.1 Å². The number of fused-ring (bicyclic) bond motifs is 2. The molecule has 13 heteroatoms. The van der Waals surface area contributed by atoms with Gasteiger partial charge in [0.05, 0.1) is 20.0 Å². The zero-order valence-corrected chi connectivity index (χ0v) is 21.2. The van der Waals surface area contributed by atoms with E-state index in [0.717, 1.165) is 10.8 Å². The Morgan fingerprint density at radius 1 is 1.24 bits per heavy atom. The SMILES string of the molecule is COc1nc(N)nc2c1ncn2[C@H]1C[C@@H](COP(=O)(NC(C)C(=O)O)Oc2cccc3ccccc23)C1. The number of nitrogens with zero attached hydrogens (tertiary/aromatic N) is 4. The molecule has 194 valence electrons. The van der Waals surface area contributed by atoms with Gasteiger partial charge in [0.15, 0.2) is 11.2 Å². The van der Waals surface area contributed by atoms with Crippen molar-refractivity contribution in [3.63, 3.8) is 0 Å². The number of imidazole rings is 1. The number of rotatable bonds is 10. The predicted molar refractivity (Wildman–Crippen MR) is 136 cm³/mol. The summed E-state index contributed by atoms with van der Waals surface area (Å²) in [5.41, 5.74) is 6.92. The quantitative estimate of drug-likeness (QED) is 0.258. The molecule has 12 nitrogen and oxygen atoms in total. The Labute approximate surface area is 212 Å². The summed E-state index contributed by atoms with van der Waals surface area (Å²) in [6, 6.07) is 11.8. The summed E-state index contributed by atoms with van der Waals surface area (Å²) < 4.78 is 32.5. The van der Waals surface area contributed by atoms with Crippen molar-refractivity contribution >= 4 is 41.6 Å². The molecule has 5 rings (SSSR count). The number of benzene rings is 2. The Bertz CT molecular complexity index is 1500. The second kappa shape index (κ2) is 9.97. The fraction of sp³-hybridized carbons (Fsp3) is 0.333. The van der Waals surface area contributed by atoms with Gasteiger partial charge in [0.1, 0.15) is 11.8 Å². The molecule has 0 aliphatic heterocycles. The molecule has 0 spiro atoms. The molecule has 4 aromatic rings. The van der Waals surface area contributed by atoms with E-state index in [2.05, 4.69) is 20.0 Å². The summed E-state index contributed by atoms with van der Waals surface area (Å²) >= 11 is 0. The van der Waals surface area contributed by atoms with Crippen LogP contribution in [-0.4, -0.2) is 50.4 Å². The molecule has 1 aliphatic carbocycles. The molecule has 2 unspecified atom stereocenters. The van der Waals surface area contributed by atoms with Gasteiger partial charge < -0.3 is 24.7 Å². The van der Waals surface area contributed by atoms with E-state index in [-0.39, 0.29) is 24.5 Å². The number of carboxylic acid groups (broad SMARTS) is 1. The van der Waals surface area contributed by atoms with Crippen LogP contribution in [0.5, 0.6) is 11.6 Å². The van der Waals surface area contributed by atoms with E-state index in [1.165, 1.54) is 14.0 Å². The van der Waals surface area contributed by atoms with Crippen molar-refractivity contribution < 1.29 is 28.3 Å². The van der Waals surface area contributed by atoms with Crippen LogP contribution in [0.2, 0.25) is 0 Å². The topological polar surface area (TPSA) is 164 Å². The molecule has 2 atom stereocenters. The molecule has 1 saturated carbocycles. The van der Waals surface area contributed by atoms with Crippen LogP contribution in [0.4, 0.5) is 5.95 Å². The normalized spacial score (nSPS) is 19.7. The van der Waals surface area contributed by atoms with Crippen molar-refractivity contribution in [2.75, 3.05) is 19.5 Å². The number of nitrogens with one attached hydrogen (secondary N) is 1. The maximum absolute atomic E-state index is 13.7. The summed E-state index contributed by atoms with van der Waals surface area (Å²) in [4.78, 5) is 24.2. The lowest BCUT2D eigenvalue weighted by Gasteiger charge is -2.36. The maximum Gasteiger partial charge on any atom is 0.459 e. The molecule has 0 saturated heterocycles. The van der Waals surface area contributed by atoms with Crippen LogP contribution >= 0.6 is 7.75 Å². The first-order valence-corrected chi connectivity index (χ1v) is 13.3. The van der Waals surface area contributed by atoms with Gasteiger partial charge in [-0.25, -0.2) is 9.55 Å². The average molecular weight is 526 g/mol. The lowest BCUT2D eigenvalue weighted by molar-refractivity contribution is -0.138. The highest BCUT2D eigenvalue weighted by Crippen LogP contribution is 2.49. The minimum atomic E-state index is -4.03. The largest absolute Gasteiger partial charge is 0.480 e. The second-order valence-corrected chi connectivity index (χ2v) is 10.7. The first kappa shape index (κ1) is 24.9. The van der Waals surface area contributed by atoms with Gasteiger partial charge >= 0.3 is 13.7 Å². The fourth-order valence-electron chi connectivity index (χ4n) is 4.37. The molecule has 2 aromatic carbocycles. The summed E-state index contributed by atoms with van der Waals surface area (Å²) in [6.45, 7) is 1.50. The number of anilines is 1. The summed E-state index contributed by atoms with van der Waals surface area (Å²) in [5.74, 6) is -0.359. The number of nitrogen functional groups attached to an aromatic ring is 1. The van der Waals surface area contributed by atoms with E-state index in [9.17, 15) is 14.5 Å². The highest BCUT2D eigenvalue weighted by atomic mass is 31.2. The van der Waals surface area contributed by atoms with Gasteiger partial charge in [0, 0.05) is 11.4 Å². The van der Waals surface area contributed by atoms with Gasteiger partial charge in [-0.15, -0.1) is 0 Å². The van der Waals surface area contributed by atoms with Crippen LogP contribution in [0, 0.1) is 5.92 Å². The standard InChI is InChI=1S/C24H27N6O6P/c1-14(23(31)32)29-37(33,36-19-9-5-7-16-6-3-4-8-18(16)19)35-12-15-10-17(11-15)30-13-26-20-21(30)27-24(25)28-22(20)34-2/h3-9,13-15,17H,10-12H2,1-2H3,(H,29,33)(H,31,32)(H2,25,27,28)/t14?,15-,17+,37?. The van der Waals surface area contributed by atoms with Crippen LogP contribution in [0.3, 0.4) is 0 Å². The minimum Gasteiger partial charge on any atom is -0.480 e. The number of methoxy groups -OCH3 is 1. The third kappa shape index (κ3) is 5.08. The van der Waals surface area contributed by atoms with Crippen molar-refractivity contribution in [1.82, 2.24) is 24.6 Å². The van der Waals surface area contributed by atoms with E-state index < -0.39 is 19.8 Å². The predicted octanol–water partition coefficient (Wildman–Crippen LogP) is 3.79. The first-order chi connectivity index (χ1) is 17.8. The van der Waals surface area contributed by atoms with Gasteiger partial charge in [0.25, 0.3) is 0 Å². The number of carbonyl (C=O) groups is 1. The maximum atomic E-state index is 13.7.